The van der Waals surface area contributed by atoms with Gasteiger partial charge in [0.05, 0.1) is 12.2 Å². The lowest BCUT2D eigenvalue weighted by atomic mass is 9.76. The van der Waals surface area contributed by atoms with Crippen molar-refractivity contribution in [1.82, 2.24) is 15.3 Å². The van der Waals surface area contributed by atoms with E-state index in [1.165, 1.54) is 6.33 Å². The molecule has 0 aromatic carbocycles. The van der Waals surface area contributed by atoms with E-state index in [0.717, 1.165) is 50.7 Å². The summed E-state index contributed by atoms with van der Waals surface area (Å²) in [4.78, 5) is 10.7. The largest absolute Gasteiger partial charge is 0.395 e. The number of piperidine rings is 2. The molecule has 116 valence electrons. The minimum atomic E-state index is -0.521. The van der Waals surface area contributed by atoms with Crippen molar-refractivity contribution in [3.63, 3.8) is 0 Å². The van der Waals surface area contributed by atoms with Gasteiger partial charge < -0.3 is 25.7 Å². The van der Waals surface area contributed by atoms with Crippen LogP contribution in [0, 0.1) is 5.92 Å². The van der Waals surface area contributed by atoms with Gasteiger partial charge in [-0.15, -0.1) is 0 Å². The Morgan fingerprint density at radius 1 is 1.43 bits per heavy atom. The second-order valence-electron chi connectivity index (χ2n) is 5.86. The molecule has 1 aromatic rings. The molecule has 7 heteroatoms. The van der Waals surface area contributed by atoms with Crippen molar-refractivity contribution in [1.29, 1.82) is 0 Å². The fraction of sp³-hybridized carbons (Fsp3) is 0.714. The molecule has 0 amide bonds. The van der Waals surface area contributed by atoms with Gasteiger partial charge in [-0.2, -0.15) is 0 Å². The fourth-order valence-electron chi connectivity index (χ4n) is 3.23. The van der Waals surface area contributed by atoms with Crippen LogP contribution in [-0.2, 0) is 0 Å². The molecule has 21 heavy (non-hydrogen) atoms. The SMILES string of the molecule is OCCNc1cc(N2CC[C@@]3(O)CCNC[C@H]3C2)ncn1. The molecule has 4 N–H and O–H groups in total. The summed E-state index contributed by atoms with van der Waals surface area (Å²) >= 11 is 0. The van der Waals surface area contributed by atoms with Crippen LogP contribution in [0.4, 0.5) is 11.6 Å². The first-order chi connectivity index (χ1) is 10.2. The lowest BCUT2D eigenvalue weighted by Crippen LogP contribution is -2.59. The van der Waals surface area contributed by atoms with Gasteiger partial charge in [0.15, 0.2) is 0 Å². The number of anilines is 2. The number of nitrogens with one attached hydrogen (secondary N) is 2. The standard InChI is InChI=1S/C14H23N5O2/c20-6-4-16-12-7-13(18-10-17-12)19-5-2-14(21)1-3-15-8-11(14)9-19/h7,10-11,15,20-21H,1-6,8-9H2,(H,16,17,18)/t11-,14-/m0/s1. The van der Waals surface area contributed by atoms with E-state index in [-0.39, 0.29) is 12.5 Å². The van der Waals surface area contributed by atoms with Crippen LogP contribution in [0.15, 0.2) is 12.4 Å². The molecule has 0 aliphatic carbocycles. The molecule has 0 radical (unpaired) electrons. The second-order valence-corrected chi connectivity index (χ2v) is 5.86. The maximum absolute atomic E-state index is 10.7. The second kappa shape index (κ2) is 6.13. The Bertz CT molecular complexity index is 486. The molecule has 2 fully saturated rings. The van der Waals surface area contributed by atoms with E-state index in [4.69, 9.17) is 5.11 Å². The number of aliphatic hydroxyl groups excluding tert-OH is 1. The first kappa shape index (κ1) is 14.5. The molecule has 0 bridgehead atoms. The highest BCUT2D eigenvalue weighted by Crippen LogP contribution is 2.34. The van der Waals surface area contributed by atoms with Gasteiger partial charge in [-0.05, 0) is 19.4 Å². The molecular weight excluding hydrogens is 270 g/mol. The van der Waals surface area contributed by atoms with Crippen LogP contribution in [0.25, 0.3) is 0 Å². The van der Waals surface area contributed by atoms with Crippen molar-refractivity contribution in [2.45, 2.75) is 18.4 Å². The molecule has 0 unspecified atom stereocenters. The van der Waals surface area contributed by atoms with Gasteiger partial charge >= 0.3 is 0 Å². The molecule has 3 rings (SSSR count). The predicted molar refractivity (Wildman–Crippen MR) is 80.4 cm³/mol. The third kappa shape index (κ3) is 3.09. The minimum Gasteiger partial charge on any atom is -0.395 e. The zero-order valence-electron chi connectivity index (χ0n) is 12.1. The van der Waals surface area contributed by atoms with E-state index in [1.807, 2.05) is 6.07 Å². The summed E-state index contributed by atoms with van der Waals surface area (Å²) in [5.74, 6) is 1.83. The topological polar surface area (TPSA) is 93.5 Å². The number of aromatic nitrogens is 2. The summed E-state index contributed by atoms with van der Waals surface area (Å²) in [6.45, 7) is 3.92. The first-order valence-electron chi connectivity index (χ1n) is 7.56. The summed E-state index contributed by atoms with van der Waals surface area (Å²) in [7, 11) is 0. The summed E-state index contributed by atoms with van der Waals surface area (Å²) in [6.07, 6.45) is 3.15. The molecule has 7 nitrogen and oxygen atoms in total. The van der Waals surface area contributed by atoms with E-state index in [0.29, 0.717) is 6.54 Å². The monoisotopic (exact) mass is 293 g/mol. The maximum atomic E-state index is 10.7. The van der Waals surface area contributed by atoms with E-state index in [9.17, 15) is 5.11 Å². The number of hydrogen-bond donors (Lipinski definition) is 4. The van der Waals surface area contributed by atoms with Crippen LogP contribution in [-0.4, -0.2) is 65.1 Å². The van der Waals surface area contributed by atoms with Gasteiger partial charge in [-0.1, -0.05) is 0 Å². The fourth-order valence-corrected chi connectivity index (χ4v) is 3.23. The molecule has 3 heterocycles. The average Bonchev–Trinajstić information content (AvgIpc) is 2.52. The Morgan fingerprint density at radius 2 is 2.33 bits per heavy atom. The summed E-state index contributed by atoms with van der Waals surface area (Å²) in [5, 5.41) is 25.9. The Balaban J connectivity index is 1.70. The normalized spacial score (nSPS) is 29.0. The van der Waals surface area contributed by atoms with Crippen molar-refractivity contribution in [2.75, 3.05) is 49.5 Å². The number of rotatable bonds is 4. The number of fused-ring (bicyclic) bond motifs is 1. The smallest absolute Gasteiger partial charge is 0.134 e. The van der Waals surface area contributed by atoms with E-state index >= 15 is 0 Å². The van der Waals surface area contributed by atoms with Gasteiger partial charge in [-0.3, -0.25) is 0 Å². The van der Waals surface area contributed by atoms with Gasteiger partial charge in [0.1, 0.15) is 18.0 Å². The third-order valence-electron chi connectivity index (χ3n) is 4.54. The molecule has 2 saturated heterocycles. The summed E-state index contributed by atoms with van der Waals surface area (Å²) in [6, 6.07) is 1.90. The molecular formula is C14H23N5O2. The molecule has 2 atom stereocenters. The third-order valence-corrected chi connectivity index (χ3v) is 4.54. The number of nitrogens with zero attached hydrogens (tertiary/aromatic N) is 3. The molecule has 2 aliphatic heterocycles. The summed E-state index contributed by atoms with van der Waals surface area (Å²) < 4.78 is 0. The predicted octanol–water partition coefficient (Wildman–Crippen LogP) is -0.568. The van der Waals surface area contributed by atoms with Crippen LogP contribution >= 0.6 is 0 Å². The highest BCUT2D eigenvalue weighted by molar-refractivity contribution is 5.49. The Kier molecular flexibility index (Phi) is 4.23. The van der Waals surface area contributed by atoms with Crippen molar-refractivity contribution in [3.8, 4) is 0 Å². The Morgan fingerprint density at radius 3 is 3.19 bits per heavy atom. The lowest BCUT2D eigenvalue weighted by molar-refractivity contribution is -0.0539. The Labute approximate surface area is 124 Å². The zero-order chi connectivity index (χ0) is 14.7. The van der Waals surface area contributed by atoms with Gasteiger partial charge in [0.25, 0.3) is 0 Å². The number of aliphatic hydroxyl groups is 2. The quantitative estimate of drug-likeness (QED) is 0.591. The summed E-state index contributed by atoms with van der Waals surface area (Å²) in [5.41, 5.74) is -0.521. The highest BCUT2D eigenvalue weighted by atomic mass is 16.3. The highest BCUT2D eigenvalue weighted by Gasteiger charge is 2.43. The van der Waals surface area contributed by atoms with Crippen LogP contribution in [0.3, 0.4) is 0 Å². The van der Waals surface area contributed by atoms with Crippen LogP contribution in [0.2, 0.25) is 0 Å². The molecule has 2 aliphatic rings. The van der Waals surface area contributed by atoms with Crippen molar-refractivity contribution in [3.05, 3.63) is 12.4 Å². The van der Waals surface area contributed by atoms with Crippen LogP contribution in [0.1, 0.15) is 12.8 Å². The van der Waals surface area contributed by atoms with Crippen LogP contribution < -0.4 is 15.5 Å². The first-order valence-corrected chi connectivity index (χ1v) is 7.56. The molecule has 0 spiro atoms. The van der Waals surface area contributed by atoms with Gasteiger partial charge in [-0.25, -0.2) is 9.97 Å². The van der Waals surface area contributed by atoms with E-state index < -0.39 is 5.60 Å². The zero-order valence-corrected chi connectivity index (χ0v) is 12.1. The number of hydrogen-bond acceptors (Lipinski definition) is 7. The average molecular weight is 293 g/mol. The minimum absolute atomic E-state index is 0.0732. The molecule has 1 aromatic heterocycles. The van der Waals surface area contributed by atoms with E-state index in [1.54, 1.807) is 0 Å². The van der Waals surface area contributed by atoms with Crippen molar-refractivity contribution >= 4 is 11.6 Å². The molecule has 0 saturated carbocycles. The van der Waals surface area contributed by atoms with Crippen molar-refractivity contribution < 1.29 is 10.2 Å². The lowest BCUT2D eigenvalue weighted by Gasteiger charge is -2.47. The van der Waals surface area contributed by atoms with Crippen LogP contribution in [0.5, 0.6) is 0 Å². The van der Waals surface area contributed by atoms with Gasteiger partial charge in [0, 0.05) is 38.2 Å². The van der Waals surface area contributed by atoms with E-state index in [2.05, 4.69) is 25.5 Å². The Hall–Kier alpha value is -1.44. The van der Waals surface area contributed by atoms with Gasteiger partial charge in [0.2, 0.25) is 0 Å². The maximum Gasteiger partial charge on any atom is 0.134 e. The van der Waals surface area contributed by atoms with Crippen molar-refractivity contribution in [2.24, 2.45) is 5.92 Å².